The molecule has 0 bridgehead atoms. The maximum absolute atomic E-state index is 8.90. The van der Waals surface area contributed by atoms with Gasteiger partial charge in [-0.25, -0.2) is 0 Å². The molecule has 0 amide bonds. The molecule has 0 saturated carbocycles. The van der Waals surface area contributed by atoms with E-state index in [1.54, 1.807) is 0 Å². The zero-order chi connectivity index (χ0) is 8.10. The van der Waals surface area contributed by atoms with Crippen molar-refractivity contribution in [2.75, 3.05) is 5.33 Å². The Hall–Kier alpha value is -0.340. The molecule has 1 nitrogen and oxygen atoms in total. The number of aliphatic hydroxyl groups is 1. The van der Waals surface area contributed by atoms with E-state index in [0.29, 0.717) is 0 Å². The fourth-order valence-electron chi connectivity index (χ4n) is 0.989. The van der Waals surface area contributed by atoms with Crippen LogP contribution in [-0.4, -0.2) is 10.4 Å². The lowest BCUT2D eigenvalue weighted by atomic mass is 10.1. The van der Waals surface area contributed by atoms with Crippen LogP contribution in [0, 0.1) is 6.07 Å². The van der Waals surface area contributed by atoms with Gasteiger partial charge in [-0.15, -0.1) is 0 Å². The molecular weight excluding hydrogens is 204 g/mol. The molecule has 1 aromatic rings. The maximum Gasteiger partial charge on any atom is 0.0690 e. The molecule has 0 spiro atoms. The predicted octanol–water partition coefficient (Wildman–Crippen LogP) is 1.92. The van der Waals surface area contributed by atoms with Crippen LogP contribution in [0.4, 0.5) is 0 Å². The third kappa shape index (κ3) is 2.31. The van der Waals surface area contributed by atoms with Crippen molar-refractivity contribution in [2.45, 2.75) is 13.0 Å². The van der Waals surface area contributed by atoms with Crippen molar-refractivity contribution in [3.63, 3.8) is 0 Å². The Morgan fingerprint density at radius 1 is 1.55 bits per heavy atom. The normalized spacial score (nSPS) is 10.0. The van der Waals surface area contributed by atoms with E-state index in [1.807, 2.05) is 18.2 Å². The summed E-state index contributed by atoms with van der Waals surface area (Å²) in [5.74, 6) is 0. The first-order valence-corrected chi connectivity index (χ1v) is 4.66. The molecule has 0 unspecified atom stereocenters. The number of alkyl halides is 1. The Labute approximate surface area is 75.2 Å². The second kappa shape index (κ2) is 4.52. The van der Waals surface area contributed by atoms with E-state index >= 15 is 0 Å². The van der Waals surface area contributed by atoms with Crippen LogP contribution in [-0.2, 0) is 13.0 Å². The van der Waals surface area contributed by atoms with Crippen LogP contribution >= 0.6 is 15.9 Å². The first-order chi connectivity index (χ1) is 5.38. The van der Waals surface area contributed by atoms with E-state index in [-0.39, 0.29) is 6.61 Å². The van der Waals surface area contributed by atoms with Gasteiger partial charge in [-0.05, 0) is 23.6 Å². The van der Waals surface area contributed by atoms with Crippen molar-refractivity contribution in [1.29, 1.82) is 0 Å². The summed E-state index contributed by atoms with van der Waals surface area (Å²) in [5.41, 5.74) is 2.08. The molecule has 0 aliphatic carbocycles. The summed E-state index contributed by atoms with van der Waals surface area (Å²) in [4.78, 5) is 0. The highest BCUT2D eigenvalue weighted by atomic mass is 79.9. The highest BCUT2D eigenvalue weighted by Gasteiger charge is 1.98. The minimum absolute atomic E-state index is 0.0865. The van der Waals surface area contributed by atoms with Gasteiger partial charge in [0, 0.05) is 5.33 Å². The van der Waals surface area contributed by atoms with E-state index in [4.69, 9.17) is 5.11 Å². The lowest BCUT2D eigenvalue weighted by molar-refractivity contribution is 0.280. The van der Waals surface area contributed by atoms with Gasteiger partial charge in [0.2, 0.25) is 0 Å². The van der Waals surface area contributed by atoms with E-state index in [0.717, 1.165) is 17.3 Å². The topological polar surface area (TPSA) is 20.2 Å². The lowest BCUT2D eigenvalue weighted by Gasteiger charge is -2.02. The molecular formula is C9H10BrO. The van der Waals surface area contributed by atoms with Gasteiger partial charge < -0.3 is 5.11 Å². The third-order valence-corrected chi connectivity index (χ3v) is 1.96. The van der Waals surface area contributed by atoms with Crippen LogP contribution in [0.2, 0.25) is 0 Å². The van der Waals surface area contributed by atoms with E-state index in [1.165, 1.54) is 5.56 Å². The van der Waals surface area contributed by atoms with Gasteiger partial charge >= 0.3 is 0 Å². The molecule has 1 rings (SSSR count). The largest absolute Gasteiger partial charge is 0.392 e. The quantitative estimate of drug-likeness (QED) is 0.762. The molecule has 0 heterocycles. The van der Waals surface area contributed by atoms with Crippen LogP contribution in [0.25, 0.3) is 0 Å². The van der Waals surface area contributed by atoms with E-state index in [9.17, 15) is 0 Å². The minimum atomic E-state index is 0.0865. The zero-order valence-electron chi connectivity index (χ0n) is 6.18. The monoisotopic (exact) mass is 213 g/mol. The molecule has 1 aromatic carbocycles. The van der Waals surface area contributed by atoms with Crippen LogP contribution < -0.4 is 0 Å². The van der Waals surface area contributed by atoms with Crippen molar-refractivity contribution in [3.8, 4) is 0 Å². The number of hydrogen-bond donors (Lipinski definition) is 1. The summed E-state index contributed by atoms with van der Waals surface area (Å²) in [5, 5.41) is 9.83. The number of aryl methyl sites for hydroxylation is 1. The molecule has 1 radical (unpaired) electrons. The lowest BCUT2D eigenvalue weighted by Crippen LogP contribution is -1.94. The molecule has 0 atom stereocenters. The van der Waals surface area contributed by atoms with Gasteiger partial charge in [-0.1, -0.05) is 34.1 Å². The molecule has 11 heavy (non-hydrogen) atoms. The van der Waals surface area contributed by atoms with E-state index < -0.39 is 0 Å². The van der Waals surface area contributed by atoms with Gasteiger partial charge in [-0.2, -0.15) is 0 Å². The Balaban J connectivity index is 2.83. The predicted molar refractivity (Wildman–Crippen MR) is 48.7 cm³/mol. The Bertz CT molecular complexity index is 223. The SMILES string of the molecule is OCc1[c]cccc1CCBr. The summed E-state index contributed by atoms with van der Waals surface area (Å²) in [6.45, 7) is 0.0865. The van der Waals surface area contributed by atoms with Gasteiger partial charge in [-0.3, -0.25) is 0 Å². The van der Waals surface area contributed by atoms with Gasteiger partial charge in [0.05, 0.1) is 6.61 Å². The number of rotatable bonds is 3. The van der Waals surface area contributed by atoms with Crippen LogP contribution in [0.3, 0.4) is 0 Å². The van der Waals surface area contributed by atoms with Crippen LogP contribution in [0.1, 0.15) is 11.1 Å². The van der Waals surface area contributed by atoms with Gasteiger partial charge in [0.1, 0.15) is 0 Å². The summed E-state index contributed by atoms with van der Waals surface area (Å²) in [7, 11) is 0. The average molecular weight is 214 g/mol. The molecule has 0 aliphatic rings. The Morgan fingerprint density at radius 3 is 3.00 bits per heavy atom. The number of hydrogen-bond acceptors (Lipinski definition) is 1. The van der Waals surface area contributed by atoms with E-state index in [2.05, 4.69) is 22.0 Å². The smallest absolute Gasteiger partial charge is 0.0690 e. The minimum Gasteiger partial charge on any atom is -0.392 e. The second-order valence-corrected chi connectivity index (χ2v) is 3.06. The second-order valence-electron chi connectivity index (χ2n) is 2.27. The summed E-state index contributed by atoms with van der Waals surface area (Å²) >= 11 is 3.35. The fraction of sp³-hybridized carbons (Fsp3) is 0.333. The first kappa shape index (κ1) is 8.75. The highest BCUT2D eigenvalue weighted by Crippen LogP contribution is 2.09. The standard InChI is InChI=1S/C9H10BrO/c10-6-5-8-3-1-2-4-9(8)7-11/h1-3,11H,5-7H2. The van der Waals surface area contributed by atoms with Crippen molar-refractivity contribution in [1.82, 2.24) is 0 Å². The maximum atomic E-state index is 8.90. The van der Waals surface area contributed by atoms with Gasteiger partial charge in [0.15, 0.2) is 0 Å². The number of halogens is 1. The zero-order valence-corrected chi connectivity index (χ0v) is 7.76. The molecule has 1 N–H and O–H groups in total. The molecule has 2 heteroatoms. The Morgan fingerprint density at radius 2 is 2.36 bits per heavy atom. The van der Waals surface area contributed by atoms with Crippen LogP contribution in [0.5, 0.6) is 0 Å². The van der Waals surface area contributed by atoms with Crippen molar-refractivity contribution >= 4 is 15.9 Å². The summed E-state index contributed by atoms with van der Waals surface area (Å²) in [6.07, 6.45) is 0.952. The number of benzene rings is 1. The van der Waals surface area contributed by atoms with Crippen molar-refractivity contribution in [3.05, 3.63) is 35.4 Å². The van der Waals surface area contributed by atoms with Crippen LogP contribution in [0.15, 0.2) is 18.2 Å². The average Bonchev–Trinajstić information content (AvgIpc) is 2.06. The van der Waals surface area contributed by atoms with Crippen molar-refractivity contribution in [2.24, 2.45) is 0 Å². The Kier molecular flexibility index (Phi) is 3.60. The number of aliphatic hydroxyl groups excluding tert-OH is 1. The highest BCUT2D eigenvalue weighted by molar-refractivity contribution is 9.09. The van der Waals surface area contributed by atoms with Gasteiger partial charge in [0.25, 0.3) is 0 Å². The molecule has 0 aromatic heterocycles. The molecule has 0 aliphatic heterocycles. The first-order valence-electron chi connectivity index (χ1n) is 3.53. The molecule has 0 fully saturated rings. The summed E-state index contributed by atoms with van der Waals surface area (Å²) < 4.78 is 0. The molecule has 59 valence electrons. The molecule has 0 saturated heterocycles. The third-order valence-electron chi connectivity index (χ3n) is 1.56. The van der Waals surface area contributed by atoms with Crippen molar-refractivity contribution < 1.29 is 5.11 Å². The fourth-order valence-corrected chi connectivity index (χ4v) is 1.42. The summed E-state index contributed by atoms with van der Waals surface area (Å²) in [6, 6.07) is 8.78.